The number of nitrogens with zero attached hydrogens (tertiary/aromatic N) is 5. The van der Waals surface area contributed by atoms with Crippen LogP contribution < -0.4 is 10.6 Å². The highest BCUT2D eigenvalue weighted by Gasteiger charge is 2.19. The third-order valence-electron chi connectivity index (χ3n) is 4.27. The summed E-state index contributed by atoms with van der Waals surface area (Å²) in [5.74, 6) is 1.40. The van der Waals surface area contributed by atoms with Crippen LogP contribution in [-0.2, 0) is 4.79 Å². The molecule has 1 fully saturated rings. The monoisotopic (exact) mass is 352 g/mol. The van der Waals surface area contributed by atoms with E-state index in [4.69, 9.17) is 0 Å². The van der Waals surface area contributed by atoms with Gasteiger partial charge >= 0.3 is 0 Å². The summed E-state index contributed by atoms with van der Waals surface area (Å²) < 4.78 is 0. The second-order valence-corrected chi connectivity index (χ2v) is 6.13. The van der Waals surface area contributed by atoms with Gasteiger partial charge in [-0.25, -0.2) is 4.98 Å². The zero-order valence-corrected chi connectivity index (χ0v) is 14.3. The van der Waals surface area contributed by atoms with Crippen LogP contribution in [0.2, 0.25) is 0 Å². The summed E-state index contributed by atoms with van der Waals surface area (Å²) in [5.41, 5.74) is 2.16. The first kappa shape index (κ1) is 16.2. The molecule has 3 aromatic rings. The Morgan fingerprint density at radius 3 is 3.08 bits per heavy atom. The normalized spacial score (nSPS) is 14.2. The average molecular weight is 352 g/mol. The van der Waals surface area contributed by atoms with Crippen molar-refractivity contribution < 1.29 is 4.79 Å². The molecule has 0 bridgehead atoms. The van der Waals surface area contributed by atoms with Crippen molar-refractivity contribution in [3.05, 3.63) is 30.9 Å². The molecule has 1 amide bonds. The van der Waals surface area contributed by atoms with E-state index in [9.17, 15) is 4.79 Å². The van der Waals surface area contributed by atoms with E-state index in [-0.39, 0.29) is 5.91 Å². The molecule has 9 nitrogen and oxygen atoms in total. The molecule has 0 unspecified atom stereocenters. The molecule has 0 aromatic carbocycles. The number of fused-ring (bicyclic) bond motifs is 1. The lowest BCUT2D eigenvalue weighted by atomic mass is 10.3. The van der Waals surface area contributed by atoms with Crippen molar-refractivity contribution in [2.24, 2.45) is 0 Å². The second kappa shape index (κ2) is 7.34. The van der Waals surface area contributed by atoms with E-state index in [1.807, 2.05) is 17.0 Å². The van der Waals surface area contributed by atoms with E-state index in [0.29, 0.717) is 30.4 Å². The number of carbonyl (C=O) groups is 1. The summed E-state index contributed by atoms with van der Waals surface area (Å²) in [6.45, 7) is 2.35. The van der Waals surface area contributed by atoms with Gasteiger partial charge in [-0.05, 0) is 25.0 Å². The summed E-state index contributed by atoms with van der Waals surface area (Å²) >= 11 is 0. The van der Waals surface area contributed by atoms with Gasteiger partial charge < -0.3 is 20.5 Å². The van der Waals surface area contributed by atoms with Gasteiger partial charge in [0.1, 0.15) is 5.52 Å². The van der Waals surface area contributed by atoms with E-state index >= 15 is 0 Å². The van der Waals surface area contributed by atoms with Gasteiger partial charge in [-0.2, -0.15) is 9.97 Å². The minimum atomic E-state index is 0.256. The Bertz CT molecular complexity index is 894. The summed E-state index contributed by atoms with van der Waals surface area (Å²) in [5, 5.41) is 6.46. The molecule has 1 saturated heterocycles. The lowest BCUT2D eigenvalue weighted by molar-refractivity contribution is -0.127. The second-order valence-electron chi connectivity index (χ2n) is 6.13. The highest BCUT2D eigenvalue weighted by Crippen LogP contribution is 2.20. The van der Waals surface area contributed by atoms with Gasteiger partial charge in [-0.15, -0.1) is 0 Å². The summed E-state index contributed by atoms with van der Waals surface area (Å²) in [6, 6.07) is 3.74. The van der Waals surface area contributed by atoms with Crippen LogP contribution in [0.1, 0.15) is 19.3 Å². The zero-order valence-electron chi connectivity index (χ0n) is 14.3. The van der Waals surface area contributed by atoms with E-state index in [1.54, 1.807) is 18.7 Å². The van der Waals surface area contributed by atoms with Crippen molar-refractivity contribution >= 4 is 34.5 Å². The number of nitrogens with one attached hydrogen (secondary N) is 3. The number of imidazole rings is 1. The largest absolute Gasteiger partial charge is 0.368 e. The predicted octanol–water partition coefficient (Wildman–Crippen LogP) is 1.92. The fourth-order valence-electron chi connectivity index (χ4n) is 3.00. The van der Waals surface area contributed by atoms with Crippen LogP contribution in [0.5, 0.6) is 0 Å². The van der Waals surface area contributed by atoms with Crippen LogP contribution in [0.4, 0.5) is 17.5 Å². The molecule has 3 N–H and O–H groups in total. The number of aromatic amines is 1. The first-order valence-corrected chi connectivity index (χ1v) is 8.69. The molecule has 9 heteroatoms. The van der Waals surface area contributed by atoms with Gasteiger partial charge in [0.2, 0.25) is 11.9 Å². The smallest absolute Gasteiger partial charge is 0.231 e. The van der Waals surface area contributed by atoms with E-state index in [2.05, 4.69) is 35.6 Å². The van der Waals surface area contributed by atoms with Gasteiger partial charge in [0.25, 0.3) is 0 Å². The molecule has 0 radical (unpaired) electrons. The molecule has 134 valence electrons. The molecule has 0 aliphatic carbocycles. The molecular weight excluding hydrogens is 332 g/mol. The molecule has 1 aliphatic rings. The van der Waals surface area contributed by atoms with Crippen LogP contribution in [0.25, 0.3) is 11.2 Å². The van der Waals surface area contributed by atoms with Gasteiger partial charge in [0.05, 0.1) is 18.2 Å². The van der Waals surface area contributed by atoms with Crippen LogP contribution >= 0.6 is 0 Å². The van der Waals surface area contributed by atoms with Crippen molar-refractivity contribution in [1.29, 1.82) is 0 Å². The Kier molecular flexibility index (Phi) is 4.59. The van der Waals surface area contributed by atoms with Crippen molar-refractivity contribution in [3.63, 3.8) is 0 Å². The first-order valence-electron chi connectivity index (χ1n) is 8.69. The molecule has 3 aromatic heterocycles. The predicted molar refractivity (Wildman–Crippen MR) is 98.1 cm³/mol. The standard InChI is InChI=1S/C17H20N8O/c26-13-5-2-8-25(13)9-3-7-19-15-14-16(21-11-20-14)24-17(23-15)22-12-4-1-6-18-10-12/h1,4,6,10-11H,2-3,5,7-9H2,(H3,19,20,21,22,23,24). The van der Waals surface area contributed by atoms with Crippen molar-refractivity contribution in [2.75, 3.05) is 30.3 Å². The van der Waals surface area contributed by atoms with Crippen molar-refractivity contribution in [2.45, 2.75) is 19.3 Å². The van der Waals surface area contributed by atoms with E-state index in [0.717, 1.165) is 37.1 Å². The average Bonchev–Trinajstić information content (AvgIpc) is 3.28. The fraction of sp³-hybridized carbons (Fsp3) is 0.353. The van der Waals surface area contributed by atoms with Crippen LogP contribution in [-0.4, -0.2) is 55.4 Å². The number of amides is 1. The van der Waals surface area contributed by atoms with Gasteiger partial charge in [0, 0.05) is 32.3 Å². The van der Waals surface area contributed by atoms with Crippen LogP contribution in [0.3, 0.4) is 0 Å². The minimum Gasteiger partial charge on any atom is -0.368 e. The number of anilines is 3. The Labute approximate surface area is 150 Å². The third kappa shape index (κ3) is 3.56. The molecular formula is C17H20N8O. The SMILES string of the molecule is O=C1CCCN1CCCNc1nc(Nc2cccnc2)nc2nc[nH]c12. The molecule has 0 atom stereocenters. The number of rotatable bonds is 7. The molecule has 0 spiro atoms. The maximum atomic E-state index is 11.7. The maximum Gasteiger partial charge on any atom is 0.231 e. The van der Waals surface area contributed by atoms with Crippen molar-refractivity contribution in [3.8, 4) is 0 Å². The van der Waals surface area contributed by atoms with Gasteiger partial charge in [0.15, 0.2) is 11.5 Å². The van der Waals surface area contributed by atoms with Gasteiger partial charge in [-0.3, -0.25) is 9.78 Å². The highest BCUT2D eigenvalue weighted by atomic mass is 16.2. The highest BCUT2D eigenvalue weighted by molar-refractivity contribution is 5.84. The lowest BCUT2D eigenvalue weighted by Gasteiger charge is -2.15. The Morgan fingerprint density at radius 2 is 2.27 bits per heavy atom. The van der Waals surface area contributed by atoms with Crippen LogP contribution in [0, 0.1) is 0 Å². The number of aromatic nitrogens is 5. The van der Waals surface area contributed by atoms with Crippen LogP contribution in [0.15, 0.2) is 30.9 Å². The Morgan fingerprint density at radius 1 is 1.31 bits per heavy atom. The first-order chi connectivity index (χ1) is 12.8. The Hall–Kier alpha value is -3.23. The van der Waals surface area contributed by atoms with E-state index in [1.165, 1.54) is 0 Å². The lowest BCUT2D eigenvalue weighted by Crippen LogP contribution is -2.27. The number of hydrogen-bond acceptors (Lipinski definition) is 7. The number of hydrogen-bond donors (Lipinski definition) is 3. The molecule has 4 rings (SSSR count). The third-order valence-corrected chi connectivity index (χ3v) is 4.27. The van der Waals surface area contributed by atoms with Crippen molar-refractivity contribution in [1.82, 2.24) is 29.8 Å². The van der Waals surface area contributed by atoms with Gasteiger partial charge in [-0.1, -0.05) is 0 Å². The number of carbonyl (C=O) groups excluding carboxylic acids is 1. The maximum absolute atomic E-state index is 11.7. The summed E-state index contributed by atoms with van der Waals surface area (Å²) in [6.07, 6.45) is 7.52. The molecule has 26 heavy (non-hydrogen) atoms. The molecule has 1 aliphatic heterocycles. The molecule has 4 heterocycles. The number of H-pyrrole nitrogens is 1. The summed E-state index contributed by atoms with van der Waals surface area (Å²) in [4.78, 5) is 33.9. The number of likely N-dealkylation sites (tertiary alicyclic amines) is 1. The molecule has 0 saturated carbocycles. The zero-order chi connectivity index (χ0) is 17.8. The fourth-order valence-corrected chi connectivity index (χ4v) is 3.00. The van der Waals surface area contributed by atoms with E-state index < -0.39 is 0 Å². The Balaban J connectivity index is 1.43. The summed E-state index contributed by atoms with van der Waals surface area (Å²) in [7, 11) is 0. The number of pyridine rings is 1. The minimum absolute atomic E-state index is 0.256. The quantitative estimate of drug-likeness (QED) is 0.557. The topological polar surface area (TPSA) is 112 Å².